The van der Waals surface area contributed by atoms with Crippen LogP contribution in [0.1, 0.15) is 26.2 Å². The third kappa shape index (κ3) is 4.59. The highest BCUT2D eigenvalue weighted by atomic mass is 35.5. The first-order chi connectivity index (χ1) is 8.49. The van der Waals surface area contributed by atoms with Crippen LogP contribution >= 0.6 is 11.6 Å². The van der Waals surface area contributed by atoms with Crippen molar-refractivity contribution in [2.24, 2.45) is 13.0 Å². The molecule has 1 atom stereocenters. The molecular formula is C11H20ClN3O2S. The van der Waals surface area contributed by atoms with Crippen LogP contribution < -0.4 is 4.72 Å². The Kier molecular flexibility index (Phi) is 6.11. The van der Waals surface area contributed by atoms with Crippen LogP contribution in [0.3, 0.4) is 0 Å². The van der Waals surface area contributed by atoms with Crippen molar-refractivity contribution in [2.45, 2.75) is 31.2 Å². The van der Waals surface area contributed by atoms with Gasteiger partial charge in [0, 0.05) is 25.7 Å². The fourth-order valence-corrected chi connectivity index (χ4v) is 3.14. The van der Waals surface area contributed by atoms with Crippen LogP contribution in [0.15, 0.2) is 17.6 Å². The Hall–Kier alpha value is -0.590. The summed E-state index contributed by atoms with van der Waals surface area (Å²) in [5, 5.41) is 0.0612. The number of hydrogen-bond acceptors (Lipinski definition) is 3. The van der Waals surface area contributed by atoms with Gasteiger partial charge in [0.2, 0.25) is 0 Å². The number of hydrogen-bond donors (Lipinski definition) is 1. The smallest absolute Gasteiger partial charge is 0.259 e. The van der Waals surface area contributed by atoms with Crippen molar-refractivity contribution in [3.63, 3.8) is 0 Å². The van der Waals surface area contributed by atoms with E-state index >= 15 is 0 Å². The molecule has 0 saturated heterocycles. The molecule has 1 heterocycles. The lowest BCUT2D eigenvalue weighted by atomic mass is 10.0. The van der Waals surface area contributed by atoms with Crippen molar-refractivity contribution in [1.29, 1.82) is 0 Å². The molecule has 0 aromatic carbocycles. The minimum Gasteiger partial charge on any atom is -0.339 e. The number of nitrogens with one attached hydrogen (secondary N) is 1. The van der Waals surface area contributed by atoms with Crippen molar-refractivity contribution in [2.75, 3.05) is 12.4 Å². The van der Waals surface area contributed by atoms with Crippen LogP contribution in [-0.4, -0.2) is 30.4 Å². The number of nitrogens with zero attached hydrogens (tertiary/aromatic N) is 2. The second kappa shape index (κ2) is 7.11. The van der Waals surface area contributed by atoms with Gasteiger partial charge in [0.1, 0.15) is 0 Å². The predicted octanol–water partition coefficient (Wildman–Crippen LogP) is 1.74. The van der Waals surface area contributed by atoms with Crippen LogP contribution in [0, 0.1) is 5.92 Å². The summed E-state index contributed by atoms with van der Waals surface area (Å²) < 4.78 is 28.1. The second-order valence-corrected chi connectivity index (χ2v) is 6.45. The molecule has 7 heteroatoms. The van der Waals surface area contributed by atoms with Gasteiger partial charge in [-0.2, -0.15) is 0 Å². The highest BCUT2D eigenvalue weighted by Gasteiger charge is 2.18. The van der Waals surface area contributed by atoms with E-state index in [4.69, 9.17) is 11.6 Å². The fourth-order valence-electron chi connectivity index (χ4n) is 1.74. The van der Waals surface area contributed by atoms with Gasteiger partial charge < -0.3 is 4.57 Å². The van der Waals surface area contributed by atoms with Gasteiger partial charge in [-0.1, -0.05) is 13.3 Å². The summed E-state index contributed by atoms with van der Waals surface area (Å²) in [6.07, 6.45) is 5.76. The lowest BCUT2D eigenvalue weighted by molar-refractivity contribution is 0.456. The monoisotopic (exact) mass is 293 g/mol. The molecule has 5 nitrogen and oxygen atoms in total. The Morgan fingerprint density at radius 2 is 2.22 bits per heavy atom. The van der Waals surface area contributed by atoms with E-state index in [2.05, 4.69) is 16.6 Å². The standard InChI is InChI=1S/C11H20ClN3O2S/c1-3-4-10(5-6-12)7-14-18(16,17)11-8-15(2)9-13-11/h8-10,14H,3-7H2,1-2H3. The van der Waals surface area contributed by atoms with E-state index in [1.807, 2.05) is 0 Å². The number of sulfonamides is 1. The molecule has 0 aliphatic rings. The molecule has 1 unspecified atom stereocenters. The maximum atomic E-state index is 11.9. The molecule has 0 bridgehead atoms. The average molecular weight is 294 g/mol. The van der Waals surface area contributed by atoms with Crippen LogP contribution in [0.2, 0.25) is 0 Å². The molecule has 0 amide bonds. The minimum atomic E-state index is -3.50. The summed E-state index contributed by atoms with van der Waals surface area (Å²) >= 11 is 5.71. The van der Waals surface area contributed by atoms with Crippen molar-refractivity contribution in [3.8, 4) is 0 Å². The van der Waals surface area contributed by atoms with E-state index in [9.17, 15) is 8.42 Å². The topological polar surface area (TPSA) is 64.0 Å². The summed E-state index contributed by atoms with van der Waals surface area (Å²) in [7, 11) is -1.76. The summed E-state index contributed by atoms with van der Waals surface area (Å²) in [6, 6.07) is 0. The van der Waals surface area contributed by atoms with E-state index < -0.39 is 10.0 Å². The number of alkyl halides is 1. The first kappa shape index (κ1) is 15.5. The number of rotatable bonds is 8. The van der Waals surface area contributed by atoms with Crippen LogP contribution in [0.5, 0.6) is 0 Å². The van der Waals surface area contributed by atoms with Gasteiger partial charge in [-0.25, -0.2) is 18.1 Å². The van der Waals surface area contributed by atoms with Gasteiger partial charge in [0.05, 0.1) is 6.33 Å². The third-order valence-electron chi connectivity index (χ3n) is 2.73. The quantitative estimate of drug-likeness (QED) is 0.743. The lowest BCUT2D eigenvalue weighted by Crippen LogP contribution is -2.30. The van der Waals surface area contributed by atoms with Gasteiger partial charge in [-0.15, -0.1) is 11.6 Å². The van der Waals surface area contributed by atoms with Gasteiger partial charge in [0.15, 0.2) is 5.03 Å². The predicted molar refractivity (Wildman–Crippen MR) is 72.1 cm³/mol. The molecule has 1 rings (SSSR count). The van der Waals surface area contributed by atoms with Gasteiger partial charge >= 0.3 is 0 Å². The largest absolute Gasteiger partial charge is 0.339 e. The molecule has 1 aromatic heterocycles. The van der Waals surface area contributed by atoms with Crippen molar-refractivity contribution in [1.82, 2.24) is 14.3 Å². The summed E-state index contributed by atoms with van der Waals surface area (Å²) in [6.45, 7) is 2.49. The summed E-state index contributed by atoms with van der Waals surface area (Å²) in [5.41, 5.74) is 0. The molecule has 0 radical (unpaired) electrons. The maximum absolute atomic E-state index is 11.9. The Labute approximate surface area is 114 Å². The van der Waals surface area contributed by atoms with E-state index in [0.29, 0.717) is 12.4 Å². The molecule has 0 aliphatic heterocycles. The Morgan fingerprint density at radius 1 is 1.50 bits per heavy atom. The molecule has 1 N–H and O–H groups in total. The number of aromatic nitrogens is 2. The van der Waals surface area contributed by atoms with Crippen LogP contribution in [-0.2, 0) is 17.1 Å². The molecule has 104 valence electrons. The first-order valence-electron chi connectivity index (χ1n) is 6.03. The van der Waals surface area contributed by atoms with Crippen molar-refractivity contribution < 1.29 is 8.42 Å². The van der Waals surface area contributed by atoms with Crippen molar-refractivity contribution in [3.05, 3.63) is 12.5 Å². The zero-order valence-corrected chi connectivity index (χ0v) is 12.3. The average Bonchev–Trinajstić information content (AvgIpc) is 2.74. The molecule has 0 fully saturated rings. The zero-order chi connectivity index (χ0) is 13.6. The first-order valence-corrected chi connectivity index (χ1v) is 8.05. The highest BCUT2D eigenvalue weighted by molar-refractivity contribution is 7.89. The third-order valence-corrected chi connectivity index (χ3v) is 4.26. The van der Waals surface area contributed by atoms with E-state index in [-0.39, 0.29) is 10.9 Å². The van der Waals surface area contributed by atoms with Crippen LogP contribution in [0.4, 0.5) is 0 Å². The molecule has 18 heavy (non-hydrogen) atoms. The fraction of sp³-hybridized carbons (Fsp3) is 0.727. The second-order valence-electron chi connectivity index (χ2n) is 4.36. The Morgan fingerprint density at radius 3 is 2.72 bits per heavy atom. The normalized spacial score (nSPS) is 13.7. The number of halogens is 1. The molecule has 1 aromatic rings. The summed E-state index contributed by atoms with van der Waals surface area (Å²) in [4.78, 5) is 3.84. The van der Waals surface area contributed by atoms with E-state index in [0.717, 1.165) is 19.3 Å². The Bertz CT molecular complexity index is 453. The van der Waals surface area contributed by atoms with Gasteiger partial charge in [-0.3, -0.25) is 0 Å². The summed E-state index contributed by atoms with van der Waals surface area (Å²) in [5.74, 6) is 0.835. The van der Waals surface area contributed by atoms with E-state index in [1.54, 1.807) is 11.6 Å². The number of imidazole rings is 1. The maximum Gasteiger partial charge on any atom is 0.259 e. The van der Waals surface area contributed by atoms with Gasteiger partial charge in [0.25, 0.3) is 10.0 Å². The number of aryl methyl sites for hydroxylation is 1. The molecule has 0 aliphatic carbocycles. The lowest BCUT2D eigenvalue weighted by Gasteiger charge is -2.14. The van der Waals surface area contributed by atoms with Gasteiger partial charge in [-0.05, 0) is 18.8 Å². The zero-order valence-electron chi connectivity index (χ0n) is 10.8. The molecule has 0 saturated carbocycles. The van der Waals surface area contributed by atoms with Crippen molar-refractivity contribution >= 4 is 21.6 Å². The SMILES string of the molecule is CCCC(CCCl)CNS(=O)(=O)c1cn(C)cn1. The van der Waals surface area contributed by atoms with E-state index in [1.165, 1.54) is 12.5 Å². The minimum absolute atomic E-state index is 0.0612. The molecule has 0 spiro atoms. The molecular weight excluding hydrogens is 274 g/mol. The highest BCUT2D eigenvalue weighted by Crippen LogP contribution is 2.12. The Balaban J connectivity index is 2.60. The van der Waals surface area contributed by atoms with Crippen LogP contribution in [0.25, 0.3) is 0 Å².